The molecule has 24 N–H and O–H groups in total. The van der Waals surface area contributed by atoms with Crippen LogP contribution in [0.1, 0.15) is 104 Å². The molecule has 35 heteroatoms. The largest absolute Gasteiger partial charge is 0.481 e. The molecule has 1 aromatic rings. The highest BCUT2D eigenvalue weighted by atomic mass is 16.4. The fourth-order valence-corrected chi connectivity index (χ4v) is 9.82. The summed E-state index contributed by atoms with van der Waals surface area (Å²) in [6.07, 6.45) is -2.49. The van der Waals surface area contributed by atoms with Crippen molar-refractivity contribution in [3.8, 4) is 0 Å². The van der Waals surface area contributed by atoms with Crippen molar-refractivity contribution < 1.29 is 82.8 Å². The zero-order chi connectivity index (χ0) is 68.2. The number of primary amides is 1. The van der Waals surface area contributed by atoms with Crippen LogP contribution in [0.5, 0.6) is 0 Å². The molecular formula is C56H90N18O17. The number of amides is 11. The van der Waals surface area contributed by atoms with Crippen LogP contribution in [-0.2, 0) is 68.7 Å². The van der Waals surface area contributed by atoms with Crippen LogP contribution in [0.15, 0.2) is 40.3 Å². The summed E-state index contributed by atoms with van der Waals surface area (Å²) in [5, 5.41) is 65.3. The van der Waals surface area contributed by atoms with E-state index in [2.05, 4.69) is 63.2 Å². The third-order valence-electron chi connectivity index (χ3n) is 14.7. The molecule has 2 aliphatic rings. The number of likely N-dealkylation sites (tertiary alicyclic amines) is 1. The highest BCUT2D eigenvalue weighted by Crippen LogP contribution is 2.21. The predicted octanol–water partition coefficient (Wildman–Crippen LogP) is -7.44. The van der Waals surface area contributed by atoms with Gasteiger partial charge in [-0.25, -0.2) is 4.79 Å². The van der Waals surface area contributed by atoms with E-state index in [0.717, 1.165) is 11.8 Å². The van der Waals surface area contributed by atoms with Crippen molar-refractivity contribution in [3.05, 3.63) is 35.9 Å². The Hall–Kier alpha value is -9.25. The number of carboxylic acid groups (broad SMARTS) is 2. The van der Waals surface area contributed by atoms with Crippen LogP contribution in [0.2, 0.25) is 0 Å². The first kappa shape index (κ1) is 76.0. The number of hydrogen-bond donors (Lipinski definition) is 19. The van der Waals surface area contributed by atoms with E-state index in [1.165, 1.54) is 13.8 Å². The van der Waals surface area contributed by atoms with E-state index in [-0.39, 0.29) is 76.5 Å². The Morgan fingerprint density at radius 2 is 1.03 bits per heavy atom. The van der Waals surface area contributed by atoms with Gasteiger partial charge in [0.2, 0.25) is 65.0 Å². The zero-order valence-electron chi connectivity index (χ0n) is 51.6. The topological polar surface area (TPSA) is 581 Å². The second kappa shape index (κ2) is 37.7. The number of rotatable bonds is 38. The van der Waals surface area contributed by atoms with Crippen LogP contribution >= 0.6 is 0 Å². The number of aliphatic carboxylic acids is 2. The fourth-order valence-electron chi connectivity index (χ4n) is 9.82. The third kappa shape index (κ3) is 25.6. The molecule has 0 spiro atoms. The Morgan fingerprint density at radius 1 is 0.560 bits per heavy atom. The Balaban J connectivity index is 1.86. The number of nitrogens with zero attached hydrogens (tertiary/aromatic N) is 3. The highest BCUT2D eigenvalue weighted by molar-refractivity contribution is 6.00. The first-order valence-electron chi connectivity index (χ1n) is 29.8. The van der Waals surface area contributed by atoms with E-state index in [4.69, 9.17) is 28.7 Å². The minimum Gasteiger partial charge on any atom is -0.481 e. The van der Waals surface area contributed by atoms with Crippen LogP contribution in [0, 0.1) is 11.8 Å². The second-order valence-electron chi connectivity index (χ2n) is 22.8. The number of aliphatic imine (C=N–C) groups is 2. The molecule has 2 heterocycles. The summed E-state index contributed by atoms with van der Waals surface area (Å²) in [4.78, 5) is 184. The Bertz CT molecular complexity index is 2770. The molecule has 0 unspecified atom stereocenters. The molecular weight excluding hydrogens is 1200 g/mol. The summed E-state index contributed by atoms with van der Waals surface area (Å²) in [6, 6.07) is -8.20. The lowest BCUT2D eigenvalue weighted by molar-refractivity contribution is -0.144. The Labute approximate surface area is 525 Å². The first-order valence-corrected chi connectivity index (χ1v) is 29.8. The van der Waals surface area contributed by atoms with Crippen LogP contribution in [0.3, 0.4) is 0 Å². The van der Waals surface area contributed by atoms with Gasteiger partial charge < -0.3 is 107 Å². The van der Waals surface area contributed by atoms with E-state index in [1.54, 1.807) is 44.2 Å². The van der Waals surface area contributed by atoms with E-state index in [0.29, 0.717) is 24.9 Å². The molecule has 35 nitrogen and oxygen atoms in total. The Kier molecular flexibility index (Phi) is 31.5. The number of nitrogens with two attached hydrogens (primary N) is 5. The first-order chi connectivity index (χ1) is 42.8. The van der Waals surface area contributed by atoms with Gasteiger partial charge in [-0.1, -0.05) is 58.0 Å². The van der Waals surface area contributed by atoms with E-state index < -0.39 is 181 Å². The molecule has 0 aromatic heterocycles. The normalized spacial score (nSPS) is 17.7. The predicted molar refractivity (Wildman–Crippen MR) is 325 cm³/mol. The monoisotopic (exact) mass is 1290 g/mol. The van der Waals surface area contributed by atoms with Gasteiger partial charge in [0, 0.05) is 26.1 Å². The lowest BCUT2D eigenvalue weighted by Gasteiger charge is -2.32. The molecule has 1 aromatic carbocycles. The molecule has 506 valence electrons. The smallest absolute Gasteiger partial charge is 0.326 e. The molecule has 12 atom stereocenters. The van der Waals surface area contributed by atoms with Crippen molar-refractivity contribution in [2.75, 3.05) is 32.8 Å². The summed E-state index contributed by atoms with van der Waals surface area (Å²) in [5.74, 6) is -15.9. The zero-order valence-corrected chi connectivity index (χ0v) is 51.6. The van der Waals surface area contributed by atoms with Crippen molar-refractivity contribution in [3.63, 3.8) is 0 Å². The lowest BCUT2D eigenvalue weighted by Crippen LogP contribution is -2.62. The maximum absolute atomic E-state index is 14.7. The number of nitrogens with one attached hydrogen (secondary N) is 10. The van der Waals surface area contributed by atoms with Gasteiger partial charge >= 0.3 is 11.9 Å². The summed E-state index contributed by atoms with van der Waals surface area (Å²) in [5.41, 5.74) is 28.0. The van der Waals surface area contributed by atoms with Crippen LogP contribution in [0.25, 0.3) is 0 Å². The number of carboxylic acids is 2. The molecule has 0 radical (unpaired) electrons. The summed E-state index contributed by atoms with van der Waals surface area (Å²) >= 11 is 0. The number of carbonyl (C=O) groups is 13. The van der Waals surface area contributed by atoms with Crippen LogP contribution in [-0.4, -0.2) is 220 Å². The number of aliphatic hydroxyl groups excluding tert-OH is 2. The summed E-state index contributed by atoms with van der Waals surface area (Å²) < 4.78 is 0. The number of carbonyl (C=O) groups excluding carboxylic acids is 11. The van der Waals surface area contributed by atoms with Gasteiger partial charge in [0.05, 0.1) is 31.6 Å². The number of benzene rings is 1. The van der Waals surface area contributed by atoms with Gasteiger partial charge in [0.25, 0.3) is 0 Å². The molecule has 0 aliphatic carbocycles. The molecule has 11 amide bonds. The van der Waals surface area contributed by atoms with Crippen LogP contribution < -0.4 is 81.8 Å². The molecule has 0 saturated carbocycles. The maximum atomic E-state index is 14.7. The number of hydrogen-bond acceptors (Lipinski definition) is 18. The maximum Gasteiger partial charge on any atom is 0.326 e. The van der Waals surface area contributed by atoms with Gasteiger partial charge in [-0.05, 0) is 82.2 Å². The Morgan fingerprint density at radius 3 is 1.52 bits per heavy atom. The summed E-state index contributed by atoms with van der Waals surface area (Å²) in [7, 11) is 0. The number of guanidine groups is 2. The van der Waals surface area contributed by atoms with Crippen molar-refractivity contribution in [1.82, 2.24) is 58.1 Å². The standard InChI is InChI=1S/C56H90N18O17/c1-27(2)41(71-45(81)32(16-10-20-63-55(58)59)65-52(88)43(29(5)76)73-46(82)34(24-39(57)77)67-44(80)31-15-9-19-62-31)50(86)66-33(17-11-21-64-56(60)61)53(89)74-22-12-18-38(74)49(85)68-35(25-40(78)79)47(83)72-42(28(3)4)51(87)70-37(26-75)48(84)69-36(54(90)91)23-30-13-7-6-8-14-30/h6-8,13-14,27-29,31-38,41-43,62,75-76H,9-12,15-26H2,1-5H3,(H2,57,77)(H,65,88)(H,66,86)(H,67,80)(H,68,85)(H,69,84)(H,70,87)(H,71,81)(H,72,83)(H,73,82)(H,78,79)(H,90,91)(H4,58,59,63)(H4,60,61,64)/t29-,31+,32+,33+,34+,35+,36+,37+,38+,41+,42+,43+/m1/s1. The van der Waals surface area contributed by atoms with E-state index in [9.17, 15) is 82.8 Å². The van der Waals surface area contributed by atoms with E-state index in [1.807, 2.05) is 0 Å². The summed E-state index contributed by atoms with van der Waals surface area (Å²) in [6.45, 7) is 6.57. The van der Waals surface area contributed by atoms with Crippen molar-refractivity contribution in [2.45, 2.75) is 178 Å². The third-order valence-corrected chi connectivity index (χ3v) is 14.7. The van der Waals surface area contributed by atoms with Crippen molar-refractivity contribution in [2.24, 2.45) is 50.5 Å². The van der Waals surface area contributed by atoms with Crippen LogP contribution in [0.4, 0.5) is 0 Å². The SMILES string of the molecule is CC(C)[C@H](NC(=O)[C@H](CC(=O)O)NC(=O)[C@@H]1CCCN1C(=O)[C@H](CCCN=C(N)N)NC(=O)[C@@H](NC(=O)[C@H](CCCN=C(N)N)NC(=O)[C@@H](NC(=O)[C@H](CC(N)=O)NC(=O)[C@@H]1CCCN1)[C@@H](C)O)C(C)C)C(=O)N[C@@H](CO)C(=O)N[C@@H](Cc1ccccc1)C(=O)O. The molecule has 2 fully saturated rings. The average Bonchev–Trinajstić information content (AvgIpc) is 1.98. The van der Waals surface area contributed by atoms with Gasteiger partial charge in [-0.15, -0.1) is 0 Å². The fraction of sp³-hybridized carbons (Fsp3) is 0.625. The molecule has 0 bridgehead atoms. The molecule has 91 heavy (non-hydrogen) atoms. The minimum atomic E-state index is -1.89. The van der Waals surface area contributed by atoms with Gasteiger partial charge in [0.1, 0.15) is 60.4 Å². The van der Waals surface area contributed by atoms with E-state index >= 15 is 0 Å². The van der Waals surface area contributed by atoms with Crippen molar-refractivity contribution >= 4 is 88.8 Å². The molecule has 2 saturated heterocycles. The molecule has 2 aliphatic heterocycles. The van der Waals surface area contributed by atoms with Gasteiger partial charge in [-0.3, -0.25) is 67.5 Å². The van der Waals surface area contributed by atoms with Crippen molar-refractivity contribution in [1.29, 1.82) is 0 Å². The average molecular weight is 1290 g/mol. The number of aliphatic hydroxyl groups is 2. The quantitative estimate of drug-likeness (QED) is 0.0166. The lowest BCUT2D eigenvalue weighted by atomic mass is 10.0. The minimum absolute atomic E-state index is 0.0212. The highest BCUT2D eigenvalue weighted by Gasteiger charge is 2.42. The second-order valence-corrected chi connectivity index (χ2v) is 22.8. The van der Waals surface area contributed by atoms with Gasteiger partial charge in [0.15, 0.2) is 11.9 Å². The van der Waals surface area contributed by atoms with Gasteiger partial charge in [-0.2, -0.15) is 0 Å². The molecule has 3 rings (SSSR count).